The topological polar surface area (TPSA) is 89.9 Å². The van der Waals surface area contributed by atoms with Crippen LogP contribution in [0.4, 0.5) is 4.39 Å². The van der Waals surface area contributed by atoms with Crippen LogP contribution in [0.25, 0.3) is 0 Å². The number of carbonyl (C=O) groups is 3. The lowest BCUT2D eigenvalue weighted by Gasteiger charge is -2.60. The van der Waals surface area contributed by atoms with Gasteiger partial charge in [-0.3, -0.25) is 4.79 Å². The number of ether oxygens (including phenoxy) is 2. The molecular weight excluding hydrogens is 510 g/mol. The number of halogens is 4. The van der Waals surface area contributed by atoms with Crippen molar-refractivity contribution >= 4 is 52.5 Å². The summed E-state index contributed by atoms with van der Waals surface area (Å²) in [6, 6.07) is -0.455. The van der Waals surface area contributed by atoms with Crippen LogP contribution in [-0.2, 0) is 23.9 Å². The maximum atomic E-state index is 15.5. The highest BCUT2D eigenvalue weighted by molar-refractivity contribution is 6.53. The molecule has 10 heteroatoms. The van der Waals surface area contributed by atoms with E-state index in [9.17, 15) is 19.5 Å². The molecule has 0 bridgehead atoms. The predicted octanol–water partition coefficient (Wildman–Crippen LogP) is 4.28. The van der Waals surface area contributed by atoms with E-state index in [4.69, 9.17) is 44.3 Å². The monoisotopic (exact) mass is 536 g/mol. The number of carbonyl (C=O) groups excluding carboxylic acids is 3. The molecule has 0 aromatic carbocycles. The van der Waals surface area contributed by atoms with Gasteiger partial charge in [0.25, 0.3) is 0 Å². The first kappa shape index (κ1) is 25.9. The number of alkyl halides is 4. The summed E-state index contributed by atoms with van der Waals surface area (Å²) >= 11 is 17.2. The molecule has 0 amide bonds. The molecule has 34 heavy (non-hydrogen) atoms. The number of aliphatic hydroxyl groups excluding tert-OH is 1. The van der Waals surface area contributed by atoms with E-state index in [-0.39, 0.29) is 36.4 Å². The Hall–Kier alpha value is -1.15. The number of hydrogen-bond acceptors (Lipinski definition) is 6. The molecule has 0 spiro atoms. The van der Waals surface area contributed by atoms with Gasteiger partial charge in [0.05, 0.1) is 6.10 Å². The number of rotatable bonds is 4. The fourth-order valence-corrected chi connectivity index (χ4v) is 7.89. The second kappa shape index (κ2) is 8.75. The molecule has 4 aliphatic carbocycles. The standard InChI is InChI=1S/C24H28Cl3FO6/c1-11-6-14-13-8-16(28)15-7-12(29)4-5-22(15,2)18(13)17(30)9-23(14,3)24(11,21(32)33-10-25)34-20(31)19(26)27/h4-5,7,11,13-14,16-19,30H,6,8-10H2,1-3H3/t11-,13+,14+,16+,17+,18-,22+,23+,24+/m1/s1. The molecule has 1 N–H and O–H groups in total. The fourth-order valence-electron chi connectivity index (χ4n) is 7.71. The molecule has 0 aromatic rings. The van der Waals surface area contributed by atoms with Crippen LogP contribution >= 0.6 is 34.8 Å². The zero-order chi connectivity index (χ0) is 25.2. The van der Waals surface area contributed by atoms with E-state index in [0.29, 0.717) is 12.0 Å². The van der Waals surface area contributed by atoms with Crippen LogP contribution in [0.1, 0.15) is 40.0 Å². The zero-order valence-electron chi connectivity index (χ0n) is 19.1. The summed E-state index contributed by atoms with van der Waals surface area (Å²) < 4.78 is 26.4. The largest absolute Gasteiger partial charge is 0.446 e. The second-order valence-corrected chi connectivity index (χ2v) is 11.8. The van der Waals surface area contributed by atoms with Crippen molar-refractivity contribution in [2.24, 2.45) is 34.5 Å². The lowest BCUT2D eigenvalue weighted by Crippen LogP contribution is -2.65. The number of aliphatic hydroxyl groups is 1. The Morgan fingerprint density at radius 3 is 2.59 bits per heavy atom. The van der Waals surface area contributed by atoms with Crippen molar-refractivity contribution < 1.29 is 33.4 Å². The molecular formula is C24H28Cl3FO6. The lowest BCUT2D eigenvalue weighted by atomic mass is 9.46. The minimum absolute atomic E-state index is 0.0828. The molecule has 3 fully saturated rings. The van der Waals surface area contributed by atoms with E-state index in [2.05, 4.69) is 0 Å². The Balaban J connectivity index is 1.82. The molecule has 4 aliphatic rings. The van der Waals surface area contributed by atoms with E-state index in [1.54, 1.807) is 19.9 Å². The summed E-state index contributed by atoms with van der Waals surface area (Å²) in [6.45, 7) is 5.37. The Labute approximate surface area is 212 Å². The van der Waals surface area contributed by atoms with E-state index < -0.39 is 57.5 Å². The highest BCUT2D eigenvalue weighted by Gasteiger charge is 2.74. The first-order valence-corrected chi connectivity index (χ1v) is 12.8. The summed E-state index contributed by atoms with van der Waals surface area (Å²) in [5.74, 6) is -3.67. The third-order valence-electron chi connectivity index (χ3n) is 8.95. The molecule has 6 nitrogen and oxygen atoms in total. The Bertz CT molecular complexity index is 968. The highest BCUT2D eigenvalue weighted by atomic mass is 35.5. The number of ketones is 1. The van der Waals surface area contributed by atoms with Crippen LogP contribution in [-0.4, -0.2) is 51.6 Å². The molecule has 4 rings (SSSR count). The average molecular weight is 538 g/mol. The SMILES string of the molecule is C[C@@H]1C[C@H]2[C@@H]3C[C@H](F)C4=CC(=O)C=C[C@]4(C)[C@H]3[C@@H](O)C[C@]2(C)[C@@]1(OC(=O)C(Cl)Cl)C(=O)OCCl. The van der Waals surface area contributed by atoms with Crippen LogP contribution < -0.4 is 0 Å². The van der Waals surface area contributed by atoms with Crippen molar-refractivity contribution in [2.75, 3.05) is 6.07 Å². The highest BCUT2D eigenvalue weighted by Crippen LogP contribution is 2.69. The second-order valence-electron chi connectivity index (χ2n) is 10.4. The molecule has 0 radical (unpaired) electrons. The van der Waals surface area contributed by atoms with Gasteiger partial charge in [0, 0.05) is 22.7 Å². The Morgan fingerprint density at radius 1 is 1.29 bits per heavy atom. The molecule has 0 unspecified atom stereocenters. The number of hydrogen-bond donors (Lipinski definition) is 1. The lowest BCUT2D eigenvalue weighted by molar-refractivity contribution is -0.217. The minimum Gasteiger partial charge on any atom is -0.446 e. The van der Waals surface area contributed by atoms with E-state index in [1.165, 1.54) is 12.2 Å². The molecule has 188 valence electrons. The molecule has 0 heterocycles. The number of fused-ring (bicyclic) bond motifs is 5. The smallest absolute Gasteiger partial charge is 0.352 e. The fraction of sp³-hybridized carbons (Fsp3) is 0.708. The van der Waals surface area contributed by atoms with Crippen LogP contribution in [0.5, 0.6) is 0 Å². The van der Waals surface area contributed by atoms with E-state index >= 15 is 4.39 Å². The van der Waals surface area contributed by atoms with Crippen LogP contribution in [0, 0.1) is 34.5 Å². The van der Waals surface area contributed by atoms with Crippen molar-refractivity contribution in [1.29, 1.82) is 0 Å². The van der Waals surface area contributed by atoms with Gasteiger partial charge in [0.1, 0.15) is 6.17 Å². The zero-order valence-corrected chi connectivity index (χ0v) is 21.4. The van der Waals surface area contributed by atoms with Gasteiger partial charge in [-0.2, -0.15) is 0 Å². The number of esters is 2. The third kappa shape index (κ3) is 3.48. The number of allylic oxidation sites excluding steroid dienone is 4. The van der Waals surface area contributed by atoms with Crippen LogP contribution in [0.3, 0.4) is 0 Å². The molecule has 0 saturated heterocycles. The van der Waals surface area contributed by atoms with Crippen LogP contribution in [0.15, 0.2) is 23.8 Å². The van der Waals surface area contributed by atoms with Crippen molar-refractivity contribution in [3.05, 3.63) is 23.8 Å². The maximum Gasteiger partial charge on any atom is 0.352 e. The van der Waals surface area contributed by atoms with Crippen molar-refractivity contribution in [2.45, 2.75) is 62.7 Å². The molecule has 0 aromatic heterocycles. The summed E-state index contributed by atoms with van der Waals surface area (Å²) in [5.41, 5.74) is -3.38. The predicted molar refractivity (Wildman–Crippen MR) is 124 cm³/mol. The van der Waals surface area contributed by atoms with Gasteiger partial charge in [-0.05, 0) is 48.8 Å². The van der Waals surface area contributed by atoms with Gasteiger partial charge in [0.15, 0.2) is 11.8 Å². The minimum atomic E-state index is -1.81. The summed E-state index contributed by atoms with van der Waals surface area (Å²) in [5, 5.41) is 11.5. The summed E-state index contributed by atoms with van der Waals surface area (Å²) in [4.78, 5) is 36.4. The van der Waals surface area contributed by atoms with Crippen molar-refractivity contribution in [3.8, 4) is 0 Å². The Morgan fingerprint density at radius 2 is 1.97 bits per heavy atom. The third-order valence-corrected chi connectivity index (χ3v) is 9.41. The van der Waals surface area contributed by atoms with Gasteiger partial charge < -0.3 is 14.6 Å². The summed E-state index contributed by atoms with van der Waals surface area (Å²) in [6.07, 6.45) is 2.69. The first-order chi connectivity index (χ1) is 15.8. The first-order valence-electron chi connectivity index (χ1n) is 11.3. The maximum absolute atomic E-state index is 15.5. The van der Waals surface area contributed by atoms with E-state index in [1.807, 2.05) is 6.92 Å². The Kier molecular flexibility index (Phi) is 6.67. The van der Waals surface area contributed by atoms with Gasteiger partial charge >= 0.3 is 11.9 Å². The quantitative estimate of drug-likeness (QED) is 0.425. The molecule has 0 aliphatic heterocycles. The van der Waals surface area contributed by atoms with Gasteiger partial charge in [-0.25, -0.2) is 14.0 Å². The van der Waals surface area contributed by atoms with Crippen molar-refractivity contribution in [3.63, 3.8) is 0 Å². The normalized spacial score (nSPS) is 45.2. The molecule has 9 atom stereocenters. The van der Waals surface area contributed by atoms with Crippen LogP contribution in [0.2, 0.25) is 0 Å². The average Bonchev–Trinajstić information content (AvgIpc) is 2.96. The van der Waals surface area contributed by atoms with Crippen molar-refractivity contribution in [1.82, 2.24) is 0 Å². The van der Waals surface area contributed by atoms with Gasteiger partial charge in [-0.1, -0.05) is 61.7 Å². The van der Waals surface area contributed by atoms with Gasteiger partial charge in [-0.15, -0.1) is 0 Å². The summed E-state index contributed by atoms with van der Waals surface area (Å²) in [7, 11) is 0. The van der Waals surface area contributed by atoms with Gasteiger partial charge in [0.2, 0.25) is 10.4 Å². The molecule has 3 saturated carbocycles. The van der Waals surface area contributed by atoms with E-state index in [0.717, 1.165) is 0 Å².